The molecule has 0 aliphatic rings. The van der Waals surface area contributed by atoms with Crippen LogP contribution in [0.25, 0.3) is 6.08 Å². The van der Waals surface area contributed by atoms with E-state index in [4.69, 9.17) is 23.2 Å². The Morgan fingerprint density at radius 1 is 1.50 bits per heavy atom. The summed E-state index contributed by atoms with van der Waals surface area (Å²) in [7, 11) is 0. The number of halogens is 2. The Labute approximate surface area is 111 Å². The van der Waals surface area contributed by atoms with Crippen LogP contribution in [0.2, 0.25) is 9.62 Å². The highest BCUT2D eigenvalue weighted by molar-refractivity contribution is 7.17. The summed E-state index contributed by atoms with van der Waals surface area (Å²) >= 11 is 13.2. The van der Waals surface area contributed by atoms with Crippen molar-refractivity contribution in [3.63, 3.8) is 0 Å². The molecule has 1 N–H and O–H groups in total. The maximum absolute atomic E-state index is 5.96. The molecule has 0 bridgehead atoms. The van der Waals surface area contributed by atoms with E-state index in [-0.39, 0.29) is 0 Å². The Morgan fingerprint density at radius 2 is 2.19 bits per heavy atom. The van der Waals surface area contributed by atoms with Gasteiger partial charge in [0, 0.05) is 12.6 Å². The van der Waals surface area contributed by atoms with Gasteiger partial charge in [-0.25, -0.2) is 4.98 Å². The van der Waals surface area contributed by atoms with E-state index >= 15 is 0 Å². The standard InChI is InChI=1S/C11H16Cl2N2S/c1-4-8(6-14-7(2)3)5-9-10(12)15-11(13)16-9/h5,7,14H,4,6H2,1-3H3. The summed E-state index contributed by atoms with van der Waals surface area (Å²) < 4.78 is 0.489. The van der Waals surface area contributed by atoms with E-state index in [1.807, 2.05) is 0 Å². The summed E-state index contributed by atoms with van der Waals surface area (Å²) in [5.74, 6) is 0. The zero-order chi connectivity index (χ0) is 12.1. The Hall–Kier alpha value is -0.0900. The molecule has 0 aliphatic carbocycles. The van der Waals surface area contributed by atoms with Crippen molar-refractivity contribution in [1.29, 1.82) is 0 Å². The van der Waals surface area contributed by atoms with Gasteiger partial charge in [-0.15, -0.1) is 11.3 Å². The molecule has 1 aromatic heterocycles. The lowest BCUT2D eigenvalue weighted by atomic mass is 10.1. The third kappa shape index (κ3) is 4.42. The molecule has 2 nitrogen and oxygen atoms in total. The second kappa shape index (κ2) is 6.60. The Balaban J connectivity index is 2.75. The normalized spacial score (nSPS) is 12.5. The molecule has 0 spiro atoms. The van der Waals surface area contributed by atoms with Crippen LogP contribution in [0.3, 0.4) is 0 Å². The van der Waals surface area contributed by atoms with Crippen molar-refractivity contribution in [2.45, 2.75) is 33.2 Å². The first kappa shape index (κ1) is 14.0. The summed E-state index contributed by atoms with van der Waals surface area (Å²) in [6, 6.07) is 0.482. The minimum absolute atomic E-state index is 0.482. The summed E-state index contributed by atoms with van der Waals surface area (Å²) in [6.07, 6.45) is 3.06. The SMILES string of the molecule is CCC(=Cc1sc(Cl)nc1Cl)CNC(C)C. The fourth-order valence-corrected chi connectivity index (χ4v) is 2.53. The highest BCUT2D eigenvalue weighted by Gasteiger charge is 2.06. The van der Waals surface area contributed by atoms with Gasteiger partial charge in [-0.05, 0) is 12.5 Å². The van der Waals surface area contributed by atoms with Crippen LogP contribution in [0.5, 0.6) is 0 Å². The number of hydrogen-bond acceptors (Lipinski definition) is 3. The van der Waals surface area contributed by atoms with Crippen LogP contribution < -0.4 is 5.32 Å². The molecular weight excluding hydrogens is 263 g/mol. The average molecular weight is 279 g/mol. The summed E-state index contributed by atoms with van der Waals surface area (Å²) in [5.41, 5.74) is 1.30. The second-order valence-corrected chi connectivity index (χ2v) is 5.78. The van der Waals surface area contributed by atoms with Gasteiger partial charge < -0.3 is 5.32 Å². The molecule has 5 heteroatoms. The molecule has 0 aliphatic heterocycles. The molecule has 0 saturated heterocycles. The van der Waals surface area contributed by atoms with Crippen molar-refractivity contribution in [2.75, 3.05) is 6.54 Å². The molecule has 0 saturated carbocycles. The lowest BCUT2D eigenvalue weighted by molar-refractivity contribution is 0.617. The van der Waals surface area contributed by atoms with Crippen molar-refractivity contribution in [3.8, 4) is 0 Å². The minimum Gasteiger partial charge on any atom is -0.311 e. The van der Waals surface area contributed by atoms with Crippen LogP contribution in [0, 0.1) is 0 Å². The van der Waals surface area contributed by atoms with Gasteiger partial charge in [-0.2, -0.15) is 0 Å². The van der Waals surface area contributed by atoms with Gasteiger partial charge >= 0.3 is 0 Å². The third-order valence-electron chi connectivity index (χ3n) is 2.11. The smallest absolute Gasteiger partial charge is 0.185 e. The van der Waals surface area contributed by atoms with Crippen molar-refractivity contribution in [2.24, 2.45) is 0 Å². The van der Waals surface area contributed by atoms with E-state index in [1.54, 1.807) is 0 Å². The second-order valence-electron chi connectivity index (χ2n) is 3.81. The predicted molar refractivity (Wildman–Crippen MR) is 73.5 cm³/mol. The Bertz CT molecular complexity index is 372. The van der Waals surface area contributed by atoms with Crippen molar-refractivity contribution >= 4 is 40.6 Å². The van der Waals surface area contributed by atoms with Gasteiger partial charge in [0.2, 0.25) is 0 Å². The summed E-state index contributed by atoms with van der Waals surface area (Å²) in [5, 5.41) is 3.87. The highest BCUT2D eigenvalue weighted by Crippen LogP contribution is 2.28. The lowest BCUT2D eigenvalue weighted by Gasteiger charge is -2.09. The van der Waals surface area contributed by atoms with Gasteiger partial charge in [0.15, 0.2) is 4.47 Å². The van der Waals surface area contributed by atoms with Crippen LogP contribution in [0.1, 0.15) is 32.1 Å². The van der Waals surface area contributed by atoms with E-state index in [2.05, 4.69) is 37.1 Å². The summed E-state index contributed by atoms with van der Waals surface area (Å²) in [6.45, 7) is 7.26. The largest absolute Gasteiger partial charge is 0.311 e. The molecule has 0 amide bonds. The average Bonchev–Trinajstić information content (AvgIpc) is 2.51. The Kier molecular flexibility index (Phi) is 5.76. The molecule has 16 heavy (non-hydrogen) atoms. The first-order valence-electron chi connectivity index (χ1n) is 5.27. The highest BCUT2D eigenvalue weighted by atomic mass is 35.5. The van der Waals surface area contributed by atoms with E-state index < -0.39 is 0 Å². The molecule has 1 heterocycles. The number of hydrogen-bond donors (Lipinski definition) is 1. The maximum Gasteiger partial charge on any atom is 0.185 e. The number of thiazole rings is 1. The van der Waals surface area contributed by atoms with E-state index in [0.29, 0.717) is 15.7 Å². The third-order valence-corrected chi connectivity index (χ3v) is 3.62. The van der Waals surface area contributed by atoms with Crippen molar-refractivity contribution in [3.05, 3.63) is 20.1 Å². The van der Waals surface area contributed by atoms with E-state index in [0.717, 1.165) is 17.8 Å². The van der Waals surface area contributed by atoms with E-state index in [9.17, 15) is 0 Å². The first-order chi connectivity index (χ1) is 7.52. The van der Waals surface area contributed by atoms with Crippen molar-refractivity contribution in [1.82, 2.24) is 10.3 Å². The maximum atomic E-state index is 5.96. The molecular formula is C11H16Cl2N2S. The van der Waals surface area contributed by atoms with Crippen LogP contribution in [0.4, 0.5) is 0 Å². The fraction of sp³-hybridized carbons (Fsp3) is 0.545. The van der Waals surface area contributed by atoms with Gasteiger partial charge in [-0.1, -0.05) is 49.5 Å². The summed E-state index contributed by atoms with van der Waals surface area (Å²) in [4.78, 5) is 4.92. The fourth-order valence-electron chi connectivity index (χ4n) is 1.18. The van der Waals surface area contributed by atoms with Gasteiger partial charge in [0.25, 0.3) is 0 Å². The number of nitrogens with zero attached hydrogens (tertiary/aromatic N) is 1. The molecule has 90 valence electrons. The zero-order valence-corrected chi connectivity index (χ0v) is 12.0. The predicted octanol–water partition coefficient (Wildman–Crippen LogP) is 4.24. The molecule has 1 rings (SSSR count). The van der Waals surface area contributed by atoms with Gasteiger partial charge in [0.1, 0.15) is 5.15 Å². The quantitative estimate of drug-likeness (QED) is 0.872. The topological polar surface area (TPSA) is 24.9 Å². The zero-order valence-electron chi connectivity index (χ0n) is 9.68. The first-order valence-corrected chi connectivity index (χ1v) is 6.84. The monoisotopic (exact) mass is 278 g/mol. The van der Waals surface area contributed by atoms with Crippen LogP contribution in [0.15, 0.2) is 5.57 Å². The van der Waals surface area contributed by atoms with Crippen LogP contribution >= 0.6 is 34.5 Å². The molecule has 0 unspecified atom stereocenters. The van der Waals surface area contributed by atoms with Gasteiger partial charge in [-0.3, -0.25) is 0 Å². The minimum atomic E-state index is 0.482. The van der Waals surface area contributed by atoms with Crippen LogP contribution in [-0.4, -0.2) is 17.6 Å². The molecule has 0 atom stereocenters. The lowest BCUT2D eigenvalue weighted by Crippen LogP contribution is -2.24. The van der Waals surface area contributed by atoms with Gasteiger partial charge in [0.05, 0.1) is 4.88 Å². The molecule has 0 fully saturated rings. The van der Waals surface area contributed by atoms with Crippen LogP contribution in [-0.2, 0) is 0 Å². The van der Waals surface area contributed by atoms with E-state index in [1.165, 1.54) is 16.9 Å². The molecule has 1 aromatic rings. The number of nitrogens with one attached hydrogen (secondary N) is 1. The Morgan fingerprint density at radius 3 is 2.62 bits per heavy atom. The number of rotatable bonds is 5. The molecule has 0 aromatic carbocycles. The van der Waals surface area contributed by atoms with Crippen molar-refractivity contribution < 1.29 is 0 Å². The molecule has 0 radical (unpaired) electrons. The number of aromatic nitrogens is 1.